The van der Waals surface area contributed by atoms with Gasteiger partial charge in [-0.3, -0.25) is 4.99 Å². The highest BCUT2D eigenvalue weighted by molar-refractivity contribution is 14.0. The Labute approximate surface area is 171 Å². The fraction of sp³-hybridized carbons (Fsp3) is 0.375. The van der Waals surface area contributed by atoms with E-state index >= 15 is 0 Å². The number of hydrogen-bond acceptors (Lipinski definition) is 5. The van der Waals surface area contributed by atoms with Gasteiger partial charge in [0.2, 0.25) is 6.79 Å². The Bertz CT molecular complexity index is 759. The summed E-state index contributed by atoms with van der Waals surface area (Å²) >= 11 is 0. The Morgan fingerprint density at radius 2 is 2.11 bits per heavy atom. The van der Waals surface area contributed by atoms with Crippen molar-refractivity contribution in [2.75, 3.05) is 20.4 Å². The molecule has 8 nitrogen and oxygen atoms in total. The number of benzene rings is 1. The standard InChI is InChI=1S/C16H19F2N5O3.HI/c1-19-16(21-3-5-23-4-2-20-9-23)22-8-11-6-13-14(25-10-24-13)7-12(11)26-15(17)18;/h2,4,6-7,9,15H,3,5,8,10H2,1H3,(H2,19,21,22);1H. The van der Waals surface area contributed by atoms with Crippen LogP contribution < -0.4 is 24.8 Å². The first kappa shape index (κ1) is 21.0. The second-order valence-electron chi connectivity index (χ2n) is 5.34. The average Bonchev–Trinajstić information content (AvgIpc) is 3.28. The molecule has 0 aliphatic carbocycles. The number of rotatable bonds is 7. The van der Waals surface area contributed by atoms with E-state index in [1.807, 2.05) is 10.8 Å². The van der Waals surface area contributed by atoms with E-state index in [-0.39, 0.29) is 43.1 Å². The highest BCUT2D eigenvalue weighted by Gasteiger charge is 2.20. The first-order chi connectivity index (χ1) is 12.7. The summed E-state index contributed by atoms with van der Waals surface area (Å²) in [5, 5.41) is 6.20. The summed E-state index contributed by atoms with van der Waals surface area (Å²) in [6.07, 6.45) is 5.29. The van der Waals surface area contributed by atoms with Gasteiger partial charge in [-0.15, -0.1) is 24.0 Å². The van der Waals surface area contributed by atoms with Crippen LogP contribution in [0.1, 0.15) is 5.56 Å². The number of alkyl halides is 2. The van der Waals surface area contributed by atoms with E-state index in [1.165, 1.54) is 6.07 Å². The molecule has 11 heteroatoms. The lowest BCUT2D eigenvalue weighted by molar-refractivity contribution is -0.0505. The van der Waals surface area contributed by atoms with E-state index < -0.39 is 6.61 Å². The highest BCUT2D eigenvalue weighted by Crippen LogP contribution is 2.38. The van der Waals surface area contributed by atoms with Crippen molar-refractivity contribution in [1.29, 1.82) is 0 Å². The van der Waals surface area contributed by atoms with Crippen molar-refractivity contribution < 1.29 is 23.0 Å². The third-order valence-corrected chi connectivity index (χ3v) is 3.66. The van der Waals surface area contributed by atoms with E-state index in [2.05, 4.69) is 25.3 Å². The molecule has 1 aromatic carbocycles. The van der Waals surface area contributed by atoms with E-state index in [4.69, 9.17) is 9.47 Å². The predicted octanol–water partition coefficient (Wildman–Crippen LogP) is 2.20. The summed E-state index contributed by atoms with van der Waals surface area (Å²) in [4.78, 5) is 8.08. The molecular formula is C16H20F2IN5O3. The number of nitrogens with zero attached hydrogens (tertiary/aromatic N) is 3. The van der Waals surface area contributed by atoms with Crippen LogP contribution in [-0.4, -0.2) is 42.5 Å². The lowest BCUT2D eigenvalue weighted by atomic mass is 10.1. The van der Waals surface area contributed by atoms with E-state index in [1.54, 1.807) is 25.6 Å². The van der Waals surface area contributed by atoms with Gasteiger partial charge in [-0.25, -0.2) is 4.98 Å². The number of guanidine groups is 1. The van der Waals surface area contributed by atoms with Gasteiger partial charge in [0, 0.05) is 50.7 Å². The van der Waals surface area contributed by atoms with E-state index in [0.717, 1.165) is 0 Å². The fourth-order valence-corrected chi connectivity index (χ4v) is 2.43. The smallest absolute Gasteiger partial charge is 0.387 e. The molecular weight excluding hydrogens is 475 g/mol. The number of imidazole rings is 1. The Morgan fingerprint density at radius 3 is 2.78 bits per heavy atom. The van der Waals surface area contributed by atoms with Gasteiger partial charge in [-0.2, -0.15) is 8.78 Å². The normalized spacial score (nSPS) is 12.7. The van der Waals surface area contributed by atoms with Crippen LogP contribution in [0.25, 0.3) is 0 Å². The van der Waals surface area contributed by atoms with Crippen molar-refractivity contribution in [2.45, 2.75) is 19.7 Å². The number of aromatic nitrogens is 2. The van der Waals surface area contributed by atoms with Gasteiger partial charge >= 0.3 is 6.61 Å². The van der Waals surface area contributed by atoms with Crippen molar-refractivity contribution >= 4 is 29.9 Å². The number of ether oxygens (including phenoxy) is 3. The minimum atomic E-state index is -2.93. The molecule has 3 rings (SSSR count). The number of fused-ring (bicyclic) bond motifs is 1. The Hall–Kier alpha value is -2.31. The average molecular weight is 495 g/mol. The van der Waals surface area contributed by atoms with Crippen LogP contribution in [-0.2, 0) is 13.1 Å². The summed E-state index contributed by atoms with van der Waals surface area (Å²) in [5.74, 6) is 1.44. The molecule has 0 saturated carbocycles. The number of halogens is 3. The van der Waals surface area contributed by atoms with Crippen LogP contribution in [0.3, 0.4) is 0 Å². The molecule has 1 aliphatic heterocycles. The van der Waals surface area contributed by atoms with Crippen molar-refractivity contribution in [3.63, 3.8) is 0 Å². The first-order valence-electron chi connectivity index (χ1n) is 7.93. The van der Waals surface area contributed by atoms with Crippen molar-refractivity contribution in [3.05, 3.63) is 36.4 Å². The molecule has 0 radical (unpaired) electrons. The molecule has 2 N–H and O–H groups in total. The van der Waals surface area contributed by atoms with Crippen LogP contribution in [0.2, 0.25) is 0 Å². The van der Waals surface area contributed by atoms with Crippen LogP contribution >= 0.6 is 24.0 Å². The topological polar surface area (TPSA) is 81.9 Å². The molecule has 0 unspecified atom stereocenters. The molecule has 27 heavy (non-hydrogen) atoms. The van der Waals surface area contributed by atoms with Gasteiger partial charge in [0.25, 0.3) is 0 Å². The summed E-state index contributed by atoms with van der Waals surface area (Å²) in [7, 11) is 1.63. The molecule has 0 atom stereocenters. The Balaban J connectivity index is 0.00000261. The second kappa shape index (κ2) is 10.1. The van der Waals surface area contributed by atoms with Crippen LogP contribution in [0, 0.1) is 0 Å². The fourth-order valence-electron chi connectivity index (χ4n) is 2.43. The number of aliphatic imine (C=N–C) groups is 1. The Kier molecular flexibility index (Phi) is 7.88. The summed E-state index contributed by atoms with van der Waals surface area (Å²) in [6, 6.07) is 3.02. The number of nitrogens with one attached hydrogen (secondary N) is 2. The maximum absolute atomic E-state index is 12.7. The van der Waals surface area contributed by atoms with Gasteiger partial charge < -0.3 is 29.4 Å². The van der Waals surface area contributed by atoms with Crippen LogP contribution in [0.4, 0.5) is 8.78 Å². The molecule has 0 bridgehead atoms. The zero-order valence-corrected chi connectivity index (χ0v) is 16.9. The molecule has 1 aliphatic rings. The van der Waals surface area contributed by atoms with Gasteiger partial charge in [0.1, 0.15) is 5.75 Å². The zero-order valence-electron chi connectivity index (χ0n) is 14.5. The zero-order chi connectivity index (χ0) is 18.4. The second-order valence-corrected chi connectivity index (χ2v) is 5.34. The molecule has 0 saturated heterocycles. The quantitative estimate of drug-likeness (QED) is 0.349. The predicted molar refractivity (Wildman–Crippen MR) is 105 cm³/mol. The molecule has 2 aromatic rings. The first-order valence-corrected chi connectivity index (χ1v) is 7.93. The summed E-state index contributed by atoms with van der Waals surface area (Å²) in [5.41, 5.74) is 0.507. The monoisotopic (exact) mass is 495 g/mol. The molecule has 148 valence electrons. The molecule has 0 fully saturated rings. The van der Waals surface area contributed by atoms with Crippen molar-refractivity contribution in [1.82, 2.24) is 20.2 Å². The van der Waals surface area contributed by atoms with E-state index in [9.17, 15) is 8.78 Å². The molecule has 0 spiro atoms. The van der Waals surface area contributed by atoms with Crippen molar-refractivity contribution in [2.24, 2.45) is 4.99 Å². The minimum absolute atomic E-state index is 0. The molecule has 2 heterocycles. The Morgan fingerprint density at radius 1 is 1.33 bits per heavy atom. The van der Waals surface area contributed by atoms with Crippen molar-refractivity contribution in [3.8, 4) is 17.2 Å². The third-order valence-electron chi connectivity index (χ3n) is 3.66. The minimum Gasteiger partial charge on any atom is -0.454 e. The maximum Gasteiger partial charge on any atom is 0.387 e. The summed E-state index contributed by atoms with van der Waals surface area (Å²) < 4.78 is 42.3. The SMILES string of the molecule is CN=C(NCCn1ccnc1)NCc1cc2c(cc1OC(F)F)OCO2.I. The van der Waals surface area contributed by atoms with Gasteiger partial charge in [-0.05, 0) is 6.07 Å². The lowest BCUT2D eigenvalue weighted by Gasteiger charge is -2.15. The van der Waals surface area contributed by atoms with Crippen LogP contribution in [0.5, 0.6) is 17.2 Å². The largest absolute Gasteiger partial charge is 0.454 e. The molecule has 0 amide bonds. The van der Waals surface area contributed by atoms with E-state index in [0.29, 0.717) is 36.1 Å². The van der Waals surface area contributed by atoms with Gasteiger partial charge in [0.05, 0.1) is 6.33 Å². The lowest BCUT2D eigenvalue weighted by Crippen LogP contribution is -2.38. The van der Waals surface area contributed by atoms with Crippen LogP contribution in [0.15, 0.2) is 35.8 Å². The highest BCUT2D eigenvalue weighted by atomic mass is 127. The molecule has 1 aromatic heterocycles. The van der Waals surface area contributed by atoms with Gasteiger partial charge in [-0.1, -0.05) is 0 Å². The third kappa shape index (κ3) is 5.84. The van der Waals surface area contributed by atoms with Gasteiger partial charge in [0.15, 0.2) is 17.5 Å². The summed E-state index contributed by atoms with van der Waals surface area (Å²) in [6.45, 7) is -1.31. The maximum atomic E-state index is 12.7. The number of hydrogen-bond donors (Lipinski definition) is 2.